The van der Waals surface area contributed by atoms with Crippen LogP contribution in [0, 0.1) is 0 Å². The molecule has 5 nitrogen and oxygen atoms in total. The van der Waals surface area contributed by atoms with Crippen LogP contribution < -0.4 is 16.0 Å². The van der Waals surface area contributed by atoms with Gasteiger partial charge < -0.3 is 16.0 Å². The summed E-state index contributed by atoms with van der Waals surface area (Å²) in [6.07, 6.45) is 0. The molecule has 0 saturated heterocycles. The standard InChI is InChI=1S/C17H27BrN4OS.HI/c1-5-19-16(21-11-10-20-13(2)23)22-12-17(3,4)24-15-8-6-14(18)7-9-15;/h6-9H,5,10-12H2,1-4H3,(H,20,23)(H2,19,21,22);1H. The summed E-state index contributed by atoms with van der Waals surface area (Å²) in [5, 5.41) is 9.21. The van der Waals surface area contributed by atoms with Crippen LogP contribution in [0.15, 0.2) is 38.6 Å². The van der Waals surface area contributed by atoms with Crippen molar-refractivity contribution in [1.29, 1.82) is 0 Å². The van der Waals surface area contributed by atoms with Gasteiger partial charge in [0.15, 0.2) is 5.96 Å². The van der Waals surface area contributed by atoms with Crippen LogP contribution in [-0.4, -0.2) is 42.8 Å². The first-order valence-electron chi connectivity index (χ1n) is 8.03. The number of carbonyl (C=O) groups excluding carboxylic acids is 1. The lowest BCUT2D eigenvalue weighted by Gasteiger charge is -2.23. The zero-order chi connectivity index (χ0) is 18.0. The summed E-state index contributed by atoms with van der Waals surface area (Å²) in [5.74, 6) is 0.748. The van der Waals surface area contributed by atoms with E-state index >= 15 is 0 Å². The minimum absolute atomic E-state index is 0. The van der Waals surface area contributed by atoms with Gasteiger partial charge in [-0.25, -0.2) is 0 Å². The summed E-state index contributed by atoms with van der Waals surface area (Å²) in [6.45, 7) is 10.6. The van der Waals surface area contributed by atoms with Gasteiger partial charge in [0, 0.05) is 40.7 Å². The fourth-order valence-corrected chi connectivity index (χ4v) is 3.19. The number of carbonyl (C=O) groups is 1. The molecule has 0 saturated carbocycles. The van der Waals surface area contributed by atoms with E-state index in [2.05, 4.69) is 75.0 Å². The number of rotatable bonds is 8. The van der Waals surface area contributed by atoms with Gasteiger partial charge in [0.25, 0.3) is 0 Å². The Balaban J connectivity index is 0.00000576. The van der Waals surface area contributed by atoms with Gasteiger partial charge in [-0.2, -0.15) is 0 Å². The summed E-state index contributed by atoms with van der Waals surface area (Å²) < 4.78 is 1.06. The van der Waals surface area contributed by atoms with Crippen LogP contribution in [0.1, 0.15) is 27.7 Å². The Hall–Kier alpha value is -0.480. The Morgan fingerprint density at radius 3 is 2.32 bits per heavy atom. The molecular formula is C17H28BrIN4OS. The zero-order valence-electron chi connectivity index (χ0n) is 15.2. The fraction of sp³-hybridized carbons (Fsp3) is 0.529. The first-order chi connectivity index (χ1) is 11.3. The number of thioether (sulfide) groups is 1. The smallest absolute Gasteiger partial charge is 0.216 e. The van der Waals surface area contributed by atoms with Crippen molar-refractivity contribution >= 4 is 63.5 Å². The van der Waals surface area contributed by atoms with Crippen molar-refractivity contribution < 1.29 is 4.79 Å². The number of halogens is 2. The lowest BCUT2D eigenvalue weighted by molar-refractivity contribution is -0.118. The molecule has 0 atom stereocenters. The van der Waals surface area contributed by atoms with E-state index in [1.54, 1.807) is 11.8 Å². The third-order valence-corrected chi connectivity index (χ3v) is 4.68. The van der Waals surface area contributed by atoms with Crippen molar-refractivity contribution in [3.8, 4) is 0 Å². The first kappa shape index (κ1) is 24.5. The highest BCUT2D eigenvalue weighted by atomic mass is 127. The second-order valence-electron chi connectivity index (χ2n) is 5.92. The molecule has 0 aliphatic carbocycles. The van der Waals surface area contributed by atoms with E-state index in [-0.39, 0.29) is 34.6 Å². The summed E-state index contributed by atoms with van der Waals surface area (Å²) in [7, 11) is 0. The molecule has 8 heteroatoms. The molecule has 0 fully saturated rings. The normalized spacial score (nSPS) is 11.5. The SMILES string of the molecule is CCNC(=NCC(C)(C)Sc1ccc(Br)cc1)NCCNC(C)=O.I. The van der Waals surface area contributed by atoms with E-state index in [4.69, 9.17) is 0 Å². The van der Waals surface area contributed by atoms with Crippen LogP contribution in [0.25, 0.3) is 0 Å². The van der Waals surface area contributed by atoms with Gasteiger partial charge in [-0.05, 0) is 45.0 Å². The molecule has 0 heterocycles. The second-order valence-corrected chi connectivity index (χ2v) is 8.62. The van der Waals surface area contributed by atoms with Crippen LogP contribution in [0.4, 0.5) is 0 Å². The molecule has 0 aliphatic heterocycles. The van der Waals surface area contributed by atoms with E-state index in [1.807, 2.05) is 6.92 Å². The summed E-state index contributed by atoms with van der Waals surface area (Å²) in [4.78, 5) is 16.8. The largest absolute Gasteiger partial charge is 0.357 e. The Kier molecular flexibility index (Phi) is 12.6. The second kappa shape index (κ2) is 12.8. The van der Waals surface area contributed by atoms with Crippen molar-refractivity contribution in [3.05, 3.63) is 28.7 Å². The van der Waals surface area contributed by atoms with E-state index in [1.165, 1.54) is 11.8 Å². The molecule has 1 aromatic carbocycles. The molecule has 25 heavy (non-hydrogen) atoms. The summed E-state index contributed by atoms with van der Waals surface area (Å²) >= 11 is 5.26. The molecule has 0 aliphatic rings. The predicted octanol–water partition coefficient (Wildman–Crippen LogP) is 3.63. The van der Waals surface area contributed by atoms with Crippen molar-refractivity contribution in [1.82, 2.24) is 16.0 Å². The van der Waals surface area contributed by atoms with Crippen molar-refractivity contribution in [2.24, 2.45) is 4.99 Å². The van der Waals surface area contributed by atoms with E-state index in [0.717, 1.165) is 17.0 Å². The Labute approximate surface area is 180 Å². The predicted molar refractivity (Wildman–Crippen MR) is 122 cm³/mol. The van der Waals surface area contributed by atoms with Gasteiger partial charge >= 0.3 is 0 Å². The maximum Gasteiger partial charge on any atom is 0.216 e. The monoisotopic (exact) mass is 542 g/mol. The number of hydrogen-bond acceptors (Lipinski definition) is 3. The maximum atomic E-state index is 10.9. The molecular weight excluding hydrogens is 515 g/mol. The first-order valence-corrected chi connectivity index (χ1v) is 9.64. The van der Waals surface area contributed by atoms with E-state index in [9.17, 15) is 4.79 Å². The fourth-order valence-electron chi connectivity index (χ4n) is 1.88. The van der Waals surface area contributed by atoms with Gasteiger partial charge in [0.1, 0.15) is 0 Å². The van der Waals surface area contributed by atoms with Gasteiger partial charge in [0.2, 0.25) is 5.91 Å². The molecule has 0 bridgehead atoms. The average molecular weight is 543 g/mol. The highest BCUT2D eigenvalue weighted by Gasteiger charge is 2.19. The molecule has 142 valence electrons. The molecule has 0 aromatic heterocycles. The highest BCUT2D eigenvalue weighted by molar-refractivity contribution is 14.0. The Morgan fingerprint density at radius 2 is 1.76 bits per heavy atom. The summed E-state index contributed by atoms with van der Waals surface area (Å²) in [6, 6.07) is 8.32. The minimum Gasteiger partial charge on any atom is -0.357 e. The van der Waals surface area contributed by atoms with Crippen molar-refractivity contribution in [3.63, 3.8) is 0 Å². The highest BCUT2D eigenvalue weighted by Crippen LogP contribution is 2.33. The quantitative estimate of drug-likeness (QED) is 0.154. The number of hydrogen-bond donors (Lipinski definition) is 3. The lowest BCUT2D eigenvalue weighted by atomic mass is 10.2. The third kappa shape index (κ3) is 11.7. The topological polar surface area (TPSA) is 65.5 Å². The van der Waals surface area contributed by atoms with Crippen LogP contribution in [0.3, 0.4) is 0 Å². The van der Waals surface area contributed by atoms with Crippen LogP contribution in [-0.2, 0) is 4.79 Å². The number of guanidine groups is 1. The number of amides is 1. The van der Waals surface area contributed by atoms with Gasteiger partial charge in [0.05, 0.1) is 6.54 Å². The third-order valence-electron chi connectivity index (χ3n) is 2.96. The number of benzene rings is 1. The molecule has 1 aromatic rings. The number of nitrogens with zero attached hydrogens (tertiary/aromatic N) is 1. The lowest BCUT2D eigenvalue weighted by Crippen LogP contribution is -2.42. The van der Waals surface area contributed by atoms with E-state index in [0.29, 0.717) is 19.6 Å². The molecule has 3 N–H and O–H groups in total. The van der Waals surface area contributed by atoms with Gasteiger partial charge in [-0.1, -0.05) is 15.9 Å². The molecule has 0 spiro atoms. The molecule has 0 radical (unpaired) electrons. The summed E-state index contributed by atoms with van der Waals surface area (Å²) in [5.41, 5.74) is 0. The van der Waals surface area contributed by atoms with Gasteiger partial charge in [-0.15, -0.1) is 35.7 Å². The molecule has 0 unspecified atom stereocenters. The minimum atomic E-state index is -0.0224. The van der Waals surface area contributed by atoms with Crippen LogP contribution >= 0.6 is 51.7 Å². The van der Waals surface area contributed by atoms with E-state index < -0.39 is 0 Å². The Bertz CT molecular complexity index is 552. The Morgan fingerprint density at radius 1 is 1.16 bits per heavy atom. The van der Waals surface area contributed by atoms with Gasteiger partial charge in [-0.3, -0.25) is 9.79 Å². The molecule has 1 amide bonds. The number of aliphatic imine (C=N–C) groups is 1. The molecule has 1 rings (SSSR count). The maximum absolute atomic E-state index is 10.9. The average Bonchev–Trinajstić information content (AvgIpc) is 2.51. The van der Waals surface area contributed by atoms with Crippen LogP contribution in [0.2, 0.25) is 0 Å². The zero-order valence-corrected chi connectivity index (χ0v) is 19.9. The van der Waals surface area contributed by atoms with Crippen LogP contribution in [0.5, 0.6) is 0 Å². The van der Waals surface area contributed by atoms with Crippen molar-refractivity contribution in [2.75, 3.05) is 26.2 Å². The number of nitrogens with one attached hydrogen (secondary N) is 3. The van der Waals surface area contributed by atoms with Crippen molar-refractivity contribution in [2.45, 2.75) is 37.3 Å².